The second kappa shape index (κ2) is 5.74. The van der Waals surface area contributed by atoms with E-state index in [1.807, 2.05) is 45.9 Å². The highest BCUT2D eigenvalue weighted by molar-refractivity contribution is 6.30. The number of ether oxygens (including phenoxy) is 1. The first kappa shape index (κ1) is 15.3. The summed E-state index contributed by atoms with van der Waals surface area (Å²) in [6.07, 6.45) is 0. The number of benzene rings is 1. The molecular weight excluding hydrogens is 286 g/mol. The van der Waals surface area contributed by atoms with Crippen molar-refractivity contribution >= 4 is 17.4 Å². The van der Waals surface area contributed by atoms with Crippen molar-refractivity contribution in [3.05, 3.63) is 51.2 Å². The minimum Gasteiger partial charge on any atom is -0.438 e. The molecule has 0 bridgehead atoms. The van der Waals surface area contributed by atoms with Gasteiger partial charge in [-0.3, -0.25) is 5.41 Å². The average Bonchev–Trinajstić information content (AvgIpc) is 2.32. The third-order valence-electron chi connectivity index (χ3n) is 3.20. The lowest BCUT2D eigenvalue weighted by Gasteiger charge is -2.16. The van der Waals surface area contributed by atoms with Crippen LogP contribution in [0.3, 0.4) is 0 Å². The smallest absolute Gasteiger partial charge is 0.230 e. The molecule has 3 N–H and O–H groups in total. The zero-order valence-corrected chi connectivity index (χ0v) is 13.3. The normalized spacial score (nSPS) is 10.5. The second-order valence-corrected chi connectivity index (χ2v) is 5.58. The monoisotopic (exact) mass is 303 g/mol. The largest absolute Gasteiger partial charge is 0.438 e. The summed E-state index contributed by atoms with van der Waals surface area (Å²) in [6.45, 7) is 7.61. The number of aromatic nitrogens is 1. The molecule has 2 aromatic rings. The van der Waals surface area contributed by atoms with Gasteiger partial charge < -0.3 is 10.5 Å². The van der Waals surface area contributed by atoms with Crippen molar-refractivity contribution in [2.75, 3.05) is 0 Å². The van der Waals surface area contributed by atoms with Crippen LogP contribution in [0, 0.1) is 33.1 Å². The van der Waals surface area contributed by atoms with E-state index in [-0.39, 0.29) is 5.84 Å². The quantitative estimate of drug-likeness (QED) is 0.664. The predicted molar refractivity (Wildman–Crippen MR) is 85.7 cm³/mol. The van der Waals surface area contributed by atoms with Gasteiger partial charge in [0.25, 0.3) is 0 Å². The summed E-state index contributed by atoms with van der Waals surface area (Å²) < 4.78 is 5.96. The van der Waals surface area contributed by atoms with Crippen molar-refractivity contribution in [2.45, 2.75) is 27.7 Å². The van der Waals surface area contributed by atoms with Crippen molar-refractivity contribution < 1.29 is 4.74 Å². The maximum atomic E-state index is 7.73. The Kier molecular flexibility index (Phi) is 4.19. The van der Waals surface area contributed by atoms with Crippen LogP contribution in [-0.4, -0.2) is 10.8 Å². The molecule has 4 nitrogen and oxygen atoms in total. The van der Waals surface area contributed by atoms with Crippen LogP contribution in [0.4, 0.5) is 0 Å². The Morgan fingerprint density at radius 1 is 1.10 bits per heavy atom. The Balaban J connectivity index is 2.57. The molecule has 1 heterocycles. The zero-order chi connectivity index (χ0) is 15.7. The number of hydrogen-bond donors (Lipinski definition) is 2. The van der Waals surface area contributed by atoms with E-state index in [1.54, 1.807) is 0 Å². The first-order valence-electron chi connectivity index (χ1n) is 6.57. The fourth-order valence-electron chi connectivity index (χ4n) is 2.36. The number of aryl methyl sites for hydroxylation is 4. The maximum Gasteiger partial charge on any atom is 0.230 e. The standard InChI is InChI=1S/C16H18ClN3O/c1-8-5-11(4)20-16(13(8)15(18)19)21-14-9(2)6-12(17)7-10(14)3/h5-7H,1-4H3,(H3,18,19). The van der Waals surface area contributed by atoms with E-state index in [9.17, 15) is 0 Å². The topological polar surface area (TPSA) is 72.0 Å². The summed E-state index contributed by atoms with van der Waals surface area (Å²) in [7, 11) is 0. The third kappa shape index (κ3) is 3.16. The lowest BCUT2D eigenvalue weighted by Crippen LogP contribution is -2.15. The van der Waals surface area contributed by atoms with Crippen molar-refractivity contribution in [3.8, 4) is 11.6 Å². The molecule has 0 aliphatic carbocycles. The number of halogens is 1. The van der Waals surface area contributed by atoms with Crippen molar-refractivity contribution in [1.82, 2.24) is 4.98 Å². The van der Waals surface area contributed by atoms with Crippen molar-refractivity contribution in [2.24, 2.45) is 5.73 Å². The van der Waals surface area contributed by atoms with Gasteiger partial charge in [-0.05, 0) is 62.6 Å². The molecule has 0 aliphatic rings. The molecule has 0 atom stereocenters. The first-order valence-corrected chi connectivity index (χ1v) is 6.94. The molecule has 5 heteroatoms. The fourth-order valence-corrected chi connectivity index (χ4v) is 2.69. The number of rotatable bonds is 3. The molecule has 2 rings (SSSR count). The second-order valence-electron chi connectivity index (χ2n) is 5.15. The summed E-state index contributed by atoms with van der Waals surface area (Å²) in [6, 6.07) is 5.55. The molecule has 0 aliphatic heterocycles. The van der Waals surface area contributed by atoms with E-state index in [2.05, 4.69) is 4.98 Å². The van der Waals surface area contributed by atoms with Crippen molar-refractivity contribution in [3.63, 3.8) is 0 Å². The Hall–Kier alpha value is -2.07. The van der Waals surface area contributed by atoms with E-state index in [0.717, 1.165) is 22.4 Å². The number of nitrogens with one attached hydrogen (secondary N) is 1. The lowest BCUT2D eigenvalue weighted by molar-refractivity contribution is 0.453. The van der Waals surface area contributed by atoms with Crippen LogP contribution in [0.15, 0.2) is 18.2 Å². The van der Waals surface area contributed by atoms with Crippen LogP contribution < -0.4 is 10.5 Å². The molecule has 0 saturated carbocycles. The van der Waals surface area contributed by atoms with Crippen LogP contribution >= 0.6 is 11.6 Å². The molecule has 0 fully saturated rings. The zero-order valence-electron chi connectivity index (χ0n) is 12.5. The van der Waals surface area contributed by atoms with Crippen LogP contribution in [0.5, 0.6) is 11.6 Å². The minimum atomic E-state index is -0.0562. The van der Waals surface area contributed by atoms with E-state index >= 15 is 0 Å². The van der Waals surface area contributed by atoms with Gasteiger partial charge in [0.05, 0.1) is 5.56 Å². The van der Waals surface area contributed by atoms with Crippen LogP contribution in [0.25, 0.3) is 0 Å². The highest BCUT2D eigenvalue weighted by Gasteiger charge is 2.16. The lowest BCUT2D eigenvalue weighted by atomic mass is 10.1. The van der Waals surface area contributed by atoms with Gasteiger partial charge in [-0.15, -0.1) is 0 Å². The van der Waals surface area contributed by atoms with Gasteiger partial charge in [-0.1, -0.05) is 11.6 Å². The molecule has 0 saturated heterocycles. The van der Waals surface area contributed by atoms with Gasteiger partial charge in [-0.25, -0.2) is 4.98 Å². The molecule has 110 valence electrons. The number of nitrogens with two attached hydrogens (primary N) is 1. The highest BCUT2D eigenvalue weighted by Crippen LogP contribution is 2.33. The van der Waals surface area contributed by atoms with Gasteiger partial charge >= 0.3 is 0 Å². The number of amidine groups is 1. The molecule has 21 heavy (non-hydrogen) atoms. The first-order chi connectivity index (χ1) is 9.79. The maximum absolute atomic E-state index is 7.73. The van der Waals surface area contributed by atoms with E-state index in [4.69, 9.17) is 27.5 Å². The Morgan fingerprint density at radius 3 is 2.19 bits per heavy atom. The highest BCUT2D eigenvalue weighted by atomic mass is 35.5. The summed E-state index contributed by atoms with van der Waals surface area (Å²) in [5, 5.41) is 8.40. The molecule has 0 spiro atoms. The van der Waals surface area contributed by atoms with Crippen LogP contribution in [-0.2, 0) is 0 Å². The summed E-state index contributed by atoms with van der Waals surface area (Å²) >= 11 is 6.03. The van der Waals surface area contributed by atoms with Gasteiger partial charge in [0.1, 0.15) is 11.6 Å². The van der Waals surface area contributed by atoms with E-state index in [1.165, 1.54) is 0 Å². The van der Waals surface area contributed by atoms with Gasteiger partial charge in [0, 0.05) is 10.7 Å². The summed E-state index contributed by atoms with van der Waals surface area (Å²) in [4.78, 5) is 4.38. The minimum absolute atomic E-state index is 0.0562. The Bertz CT molecular complexity index is 703. The fraction of sp³-hybridized carbons (Fsp3) is 0.250. The molecule has 0 amide bonds. The molecule has 1 aromatic carbocycles. The van der Waals surface area contributed by atoms with Gasteiger partial charge in [0.2, 0.25) is 5.88 Å². The molecular formula is C16H18ClN3O. The number of hydrogen-bond acceptors (Lipinski definition) is 3. The van der Waals surface area contributed by atoms with Crippen molar-refractivity contribution in [1.29, 1.82) is 5.41 Å². The van der Waals surface area contributed by atoms with Crippen LogP contribution in [0.2, 0.25) is 5.02 Å². The summed E-state index contributed by atoms with van der Waals surface area (Å²) in [5.74, 6) is 0.993. The third-order valence-corrected chi connectivity index (χ3v) is 3.42. The van der Waals surface area contributed by atoms with E-state index < -0.39 is 0 Å². The average molecular weight is 304 g/mol. The van der Waals surface area contributed by atoms with Gasteiger partial charge in [-0.2, -0.15) is 0 Å². The Morgan fingerprint density at radius 2 is 1.67 bits per heavy atom. The Labute approximate surface area is 129 Å². The van der Waals surface area contributed by atoms with E-state index in [0.29, 0.717) is 22.2 Å². The summed E-state index contributed by atoms with van der Waals surface area (Å²) in [5.41, 5.74) is 9.70. The van der Waals surface area contributed by atoms with Gasteiger partial charge in [0.15, 0.2) is 0 Å². The predicted octanol–water partition coefficient (Wildman–Crippen LogP) is 4.05. The number of nitrogens with zero attached hydrogens (tertiary/aromatic N) is 1. The molecule has 0 unspecified atom stereocenters. The SMILES string of the molecule is Cc1cc(C)c(C(=N)N)c(Oc2c(C)cc(Cl)cc2C)n1. The molecule has 1 aromatic heterocycles. The number of pyridine rings is 1. The molecule has 0 radical (unpaired) electrons. The number of nitrogen functional groups attached to an aromatic ring is 1. The van der Waals surface area contributed by atoms with Crippen LogP contribution in [0.1, 0.15) is 27.9 Å².